The van der Waals surface area contributed by atoms with Crippen molar-refractivity contribution in [3.63, 3.8) is 0 Å². The molecule has 6 nitrogen and oxygen atoms in total. The molecule has 0 aliphatic rings. The summed E-state index contributed by atoms with van der Waals surface area (Å²) >= 11 is 0. The van der Waals surface area contributed by atoms with Crippen molar-refractivity contribution < 1.29 is 14.3 Å². The van der Waals surface area contributed by atoms with Crippen molar-refractivity contribution in [1.82, 2.24) is 14.6 Å². The van der Waals surface area contributed by atoms with Gasteiger partial charge in [-0.2, -0.15) is 5.10 Å². The largest absolute Gasteiger partial charge is 0.493 e. The summed E-state index contributed by atoms with van der Waals surface area (Å²) in [7, 11) is 1.52. The van der Waals surface area contributed by atoms with E-state index in [4.69, 9.17) is 9.47 Å². The third kappa shape index (κ3) is 2.07. The molecule has 0 N–H and O–H groups in total. The highest BCUT2D eigenvalue weighted by Crippen LogP contribution is 2.26. The summed E-state index contributed by atoms with van der Waals surface area (Å²) in [5.41, 5.74) is 0.754. The van der Waals surface area contributed by atoms with Crippen LogP contribution in [0.4, 0.5) is 0 Å². The maximum absolute atomic E-state index is 12.2. The topological polar surface area (TPSA) is 65.7 Å². The fourth-order valence-electron chi connectivity index (χ4n) is 1.83. The summed E-state index contributed by atoms with van der Waals surface area (Å²) in [6.45, 7) is 0. The molecule has 3 aromatic rings. The Morgan fingerprint density at radius 1 is 1.20 bits per heavy atom. The molecular formula is C14H11N3O3. The van der Waals surface area contributed by atoms with E-state index in [9.17, 15) is 4.79 Å². The molecule has 0 saturated carbocycles. The van der Waals surface area contributed by atoms with Gasteiger partial charge in [-0.05, 0) is 18.2 Å². The third-order valence-electron chi connectivity index (χ3n) is 2.77. The molecule has 0 spiro atoms. The number of hydrogen-bond acceptors (Lipinski definition) is 5. The number of ether oxygens (including phenoxy) is 2. The Morgan fingerprint density at radius 2 is 2.00 bits per heavy atom. The first-order valence-electron chi connectivity index (χ1n) is 5.93. The second kappa shape index (κ2) is 5.00. The number of rotatable bonds is 3. The van der Waals surface area contributed by atoms with Gasteiger partial charge < -0.3 is 9.47 Å². The van der Waals surface area contributed by atoms with Crippen molar-refractivity contribution in [1.29, 1.82) is 0 Å². The number of methoxy groups -OCH3 is 1. The maximum Gasteiger partial charge on any atom is 0.349 e. The molecule has 0 saturated heterocycles. The quantitative estimate of drug-likeness (QED) is 0.537. The Labute approximate surface area is 114 Å². The average molecular weight is 269 g/mol. The van der Waals surface area contributed by atoms with Gasteiger partial charge in [-0.15, -0.1) is 0 Å². The van der Waals surface area contributed by atoms with Crippen LogP contribution in [0.15, 0.2) is 48.9 Å². The smallest absolute Gasteiger partial charge is 0.349 e. The van der Waals surface area contributed by atoms with E-state index in [0.29, 0.717) is 22.7 Å². The highest BCUT2D eigenvalue weighted by molar-refractivity contribution is 5.97. The van der Waals surface area contributed by atoms with Crippen LogP contribution < -0.4 is 9.47 Å². The molecule has 2 heterocycles. The minimum absolute atomic E-state index is 0.302. The predicted molar refractivity (Wildman–Crippen MR) is 70.9 cm³/mol. The van der Waals surface area contributed by atoms with E-state index in [1.165, 1.54) is 17.8 Å². The highest BCUT2D eigenvalue weighted by Gasteiger charge is 2.17. The minimum atomic E-state index is -0.525. The lowest BCUT2D eigenvalue weighted by Gasteiger charge is -2.07. The lowest BCUT2D eigenvalue weighted by atomic mass is 10.3. The van der Waals surface area contributed by atoms with E-state index in [0.717, 1.165) is 0 Å². The first-order chi connectivity index (χ1) is 9.79. The van der Waals surface area contributed by atoms with Crippen LogP contribution in [-0.4, -0.2) is 27.7 Å². The van der Waals surface area contributed by atoms with Crippen LogP contribution >= 0.6 is 0 Å². The molecule has 0 unspecified atom stereocenters. The minimum Gasteiger partial charge on any atom is -0.493 e. The molecule has 0 bridgehead atoms. The van der Waals surface area contributed by atoms with Gasteiger partial charge in [-0.1, -0.05) is 12.1 Å². The Hall–Kier alpha value is -2.89. The van der Waals surface area contributed by atoms with Crippen LogP contribution in [0.25, 0.3) is 5.65 Å². The molecule has 0 amide bonds. The maximum atomic E-state index is 12.2. The Morgan fingerprint density at radius 3 is 2.80 bits per heavy atom. The highest BCUT2D eigenvalue weighted by atomic mass is 16.6. The SMILES string of the molecule is COc1ccccc1OC(=O)c1cnn2cccnc12. The number of para-hydroxylation sites is 2. The van der Waals surface area contributed by atoms with E-state index >= 15 is 0 Å². The molecule has 1 aromatic carbocycles. The first kappa shape index (κ1) is 12.2. The van der Waals surface area contributed by atoms with Crippen LogP contribution in [0.2, 0.25) is 0 Å². The summed E-state index contributed by atoms with van der Waals surface area (Å²) in [4.78, 5) is 16.3. The molecule has 3 rings (SSSR count). The van der Waals surface area contributed by atoms with Crippen molar-refractivity contribution in [3.05, 3.63) is 54.5 Å². The second-order valence-corrected chi connectivity index (χ2v) is 3.99. The van der Waals surface area contributed by atoms with Crippen LogP contribution in [0.3, 0.4) is 0 Å². The number of fused-ring (bicyclic) bond motifs is 1. The van der Waals surface area contributed by atoms with E-state index in [1.807, 2.05) is 0 Å². The fourth-order valence-corrected chi connectivity index (χ4v) is 1.83. The van der Waals surface area contributed by atoms with Gasteiger partial charge in [-0.25, -0.2) is 14.3 Å². The molecular weight excluding hydrogens is 258 g/mol. The number of hydrogen-bond donors (Lipinski definition) is 0. The van der Waals surface area contributed by atoms with Crippen molar-refractivity contribution in [2.24, 2.45) is 0 Å². The molecule has 6 heteroatoms. The predicted octanol–water partition coefficient (Wildman–Crippen LogP) is 1.96. The standard InChI is InChI=1S/C14H11N3O3/c1-19-11-5-2-3-6-12(11)20-14(18)10-9-16-17-8-4-7-15-13(10)17/h2-9H,1H3. The van der Waals surface area contributed by atoms with Crippen molar-refractivity contribution in [3.8, 4) is 11.5 Å². The first-order valence-corrected chi connectivity index (χ1v) is 5.93. The molecule has 2 aromatic heterocycles. The summed E-state index contributed by atoms with van der Waals surface area (Å²) in [5.74, 6) is 0.323. The molecule has 0 aliphatic carbocycles. The van der Waals surface area contributed by atoms with Crippen LogP contribution in [0.5, 0.6) is 11.5 Å². The van der Waals surface area contributed by atoms with Gasteiger partial charge in [0, 0.05) is 12.4 Å². The molecule has 100 valence electrons. The fraction of sp³-hybridized carbons (Fsp3) is 0.0714. The van der Waals surface area contributed by atoms with Gasteiger partial charge in [0.05, 0.1) is 13.3 Å². The summed E-state index contributed by atoms with van der Waals surface area (Å²) in [6, 6.07) is 8.68. The van der Waals surface area contributed by atoms with Gasteiger partial charge in [0.2, 0.25) is 0 Å². The van der Waals surface area contributed by atoms with Gasteiger partial charge in [0.25, 0.3) is 0 Å². The Kier molecular flexibility index (Phi) is 3.04. The monoisotopic (exact) mass is 269 g/mol. The molecule has 0 atom stereocenters. The van der Waals surface area contributed by atoms with Gasteiger partial charge in [0.15, 0.2) is 17.1 Å². The average Bonchev–Trinajstić information content (AvgIpc) is 2.92. The van der Waals surface area contributed by atoms with E-state index in [-0.39, 0.29) is 0 Å². The molecule has 20 heavy (non-hydrogen) atoms. The molecule has 0 radical (unpaired) electrons. The number of carbonyl (C=O) groups excluding carboxylic acids is 1. The zero-order valence-electron chi connectivity index (χ0n) is 10.7. The van der Waals surface area contributed by atoms with Gasteiger partial charge in [-0.3, -0.25) is 0 Å². The lowest BCUT2D eigenvalue weighted by Crippen LogP contribution is -2.09. The van der Waals surface area contributed by atoms with Gasteiger partial charge >= 0.3 is 5.97 Å². The van der Waals surface area contributed by atoms with Crippen molar-refractivity contribution >= 4 is 11.6 Å². The zero-order valence-corrected chi connectivity index (χ0v) is 10.7. The lowest BCUT2D eigenvalue weighted by molar-refractivity contribution is 0.0731. The summed E-state index contributed by atoms with van der Waals surface area (Å²) in [6.07, 6.45) is 4.74. The number of carbonyl (C=O) groups is 1. The van der Waals surface area contributed by atoms with Crippen LogP contribution in [0, 0.1) is 0 Å². The number of aromatic nitrogens is 3. The summed E-state index contributed by atoms with van der Waals surface area (Å²) in [5, 5.41) is 4.05. The van der Waals surface area contributed by atoms with Crippen LogP contribution in [-0.2, 0) is 0 Å². The van der Waals surface area contributed by atoms with Crippen molar-refractivity contribution in [2.75, 3.05) is 7.11 Å². The second-order valence-electron chi connectivity index (χ2n) is 3.99. The normalized spacial score (nSPS) is 10.4. The zero-order chi connectivity index (χ0) is 13.9. The molecule has 0 aliphatic heterocycles. The number of benzene rings is 1. The van der Waals surface area contributed by atoms with E-state index in [2.05, 4.69) is 10.1 Å². The number of esters is 1. The van der Waals surface area contributed by atoms with Crippen molar-refractivity contribution in [2.45, 2.75) is 0 Å². The van der Waals surface area contributed by atoms with E-state index in [1.54, 1.807) is 42.7 Å². The summed E-state index contributed by atoms with van der Waals surface area (Å²) < 4.78 is 12.0. The third-order valence-corrected chi connectivity index (χ3v) is 2.77. The Bertz CT molecular complexity index is 767. The van der Waals surface area contributed by atoms with Crippen LogP contribution in [0.1, 0.15) is 10.4 Å². The van der Waals surface area contributed by atoms with Gasteiger partial charge in [0.1, 0.15) is 5.56 Å². The Balaban J connectivity index is 1.93. The van der Waals surface area contributed by atoms with E-state index < -0.39 is 5.97 Å². The molecule has 0 fully saturated rings. The number of nitrogens with zero attached hydrogens (tertiary/aromatic N) is 3.